The van der Waals surface area contributed by atoms with E-state index in [2.05, 4.69) is 47.9 Å². The number of nitrogen functional groups attached to an aromatic ring is 1. The molecule has 0 saturated heterocycles. The number of allylic oxidation sites excluding steroid dienone is 2. The summed E-state index contributed by atoms with van der Waals surface area (Å²) in [7, 11) is 0. The minimum atomic E-state index is -0.507. The molecule has 0 aliphatic heterocycles. The molecule has 0 fully saturated rings. The van der Waals surface area contributed by atoms with E-state index in [4.69, 9.17) is 10.5 Å². The van der Waals surface area contributed by atoms with E-state index in [-0.39, 0.29) is 17.3 Å². The maximum Gasteiger partial charge on any atom is 0.294 e. The van der Waals surface area contributed by atoms with Crippen LogP contribution in [0.1, 0.15) is 36.7 Å². The average molecular weight is 422 g/mol. The third kappa shape index (κ3) is 4.44. The number of amides is 1. The first-order valence-electron chi connectivity index (χ1n) is 9.93. The van der Waals surface area contributed by atoms with Crippen molar-refractivity contribution >= 4 is 17.9 Å². The molecule has 1 atom stereocenters. The van der Waals surface area contributed by atoms with E-state index >= 15 is 0 Å². The monoisotopic (exact) mass is 422 g/mol. The molecule has 0 bridgehead atoms. The Hall–Kier alpha value is -4.02. The van der Waals surface area contributed by atoms with Crippen LogP contribution in [0.15, 0.2) is 46.1 Å². The third-order valence-electron chi connectivity index (χ3n) is 4.78. The molecule has 2 heterocycles. The van der Waals surface area contributed by atoms with E-state index in [1.807, 2.05) is 6.92 Å². The van der Waals surface area contributed by atoms with Crippen LogP contribution in [-0.4, -0.2) is 44.0 Å². The van der Waals surface area contributed by atoms with Gasteiger partial charge in [0, 0.05) is 11.8 Å². The molecule has 4 rings (SSSR count). The van der Waals surface area contributed by atoms with Crippen LogP contribution < -0.4 is 15.9 Å². The predicted octanol–water partition coefficient (Wildman–Crippen LogP) is 2.37. The summed E-state index contributed by atoms with van der Waals surface area (Å²) in [6, 6.07) is 7.16. The van der Waals surface area contributed by atoms with Gasteiger partial charge in [0.15, 0.2) is 5.69 Å². The van der Waals surface area contributed by atoms with E-state index in [1.54, 1.807) is 30.5 Å². The Kier molecular flexibility index (Phi) is 6.01. The molecule has 11 nitrogen and oxygen atoms in total. The number of nitrogens with two attached hydrogens (primary N) is 1. The highest BCUT2D eigenvalue weighted by Crippen LogP contribution is 2.28. The molecule has 31 heavy (non-hydrogen) atoms. The molecular weight excluding hydrogens is 400 g/mol. The first kappa shape index (κ1) is 20.3. The van der Waals surface area contributed by atoms with Gasteiger partial charge in [0.2, 0.25) is 11.6 Å². The normalized spacial score (nSPS) is 16.0. The first-order chi connectivity index (χ1) is 15.2. The number of aromatic nitrogens is 5. The van der Waals surface area contributed by atoms with Crippen molar-refractivity contribution in [2.24, 2.45) is 11.0 Å². The summed E-state index contributed by atoms with van der Waals surface area (Å²) in [5.74, 6) is 0.644. The Morgan fingerprint density at radius 3 is 2.87 bits per heavy atom. The van der Waals surface area contributed by atoms with Gasteiger partial charge in [-0.25, -0.2) is 10.1 Å². The summed E-state index contributed by atoms with van der Waals surface area (Å²) in [4.78, 5) is 12.8. The Labute approximate surface area is 177 Å². The second-order valence-corrected chi connectivity index (χ2v) is 6.89. The van der Waals surface area contributed by atoms with Gasteiger partial charge in [-0.05, 0) is 66.7 Å². The molecule has 2 aromatic heterocycles. The van der Waals surface area contributed by atoms with Crippen molar-refractivity contribution in [2.75, 3.05) is 12.3 Å². The zero-order valence-corrected chi connectivity index (χ0v) is 16.9. The van der Waals surface area contributed by atoms with Crippen LogP contribution in [0, 0.1) is 5.92 Å². The number of carbonyl (C=O) groups excluding carboxylic acids is 1. The molecule has 3 aromatic rings. The Balaban J connectivity index is 1.65. The average Bonchev–Trinajstić information content (AvgIpc) is 3.41. The van der Waals surface area contributed by atoms with Crippen LogP contribution in [0.4, 0.5) is 5.82 Å². The second kappa shape index (κ2) is 9.20. The van der Waals surface area contributed by atoms with E-state index in [1.165, 1.54) is 4.68 Å². The first-order valence-corrected chi connectivity index (χ1v) is 9.93. The lowest BCUT2D eigenvalue weighted by Crippen LogP contribution is -2.20. The zero-order chi connectivity index (χ0) is 21.6. The molecule has 3 N–H and O–H groups in total. The molecule has 1 aliphatic rings. The molecule has 11 heteroatoms. The van der Waals surface area contributed by atoms with E-state index < -0.39 is 5.91 Å². The smallest absolute Gasteiger partial charge is 0.294 e. The Morgan fingerprint density at radius 2 is 2.19 bits per heavy atom. The van der Waals surface area contributed by atoms with Gasteiger partial charge < -0.3 is 10.5 Å². The summed E-state index contributed by atoms with van der Waals surface area (Å²) in [5, 5.41) is 19.5. The fourth-order valence-electron chi connectivity index (χ4n) is 3.26. The summed E-state index contributed by atoms with van der Waals surface area (Å²) in [6.07, 6.45) is 8.94. The molecule has 1 aromatic carbocycles. The summed E-state index contributed by atoms with van der Waals surface area (Å²) in [6.45, 7) is 2.45. The number of nitrogens with zero attached hydrogens (tertiary/aromatic N) is 6. The topological polar surface area (TPSA) is 146 Å². The van der Waals surface area contributed by atoms with Crippen LogP contribution in [-0.2, 0) is 0 Å². The molecule has 0 radical (unpaired) electrons. The van der Waals surface area contributed by atoms with E-state index in [0.717, 1.165) is 19.3 Å². The number of anilines is 1. The largest absolute Gasteiger partial charge is 0.494 e. The molecule has 160 valence electrons. The predicted molar refractivity (Wildman–Crippen MR) is 113 cm³/mol. The van der Waals surface area contributed by atoms with Crippen LogP contribution >= 0.6 is 0 Å². The van der Waals surface area contributed by atoms with Gasteiger partial charge in [-0.1, -0.05) is 17.4 Å². The summed E-state index contributed by atoms with van der Waals surface area (Å²) in [5.41, 5.74) is 9.45. The Bertz CT molecular complexity index is 1100. The highest BCUT2D eigenvalue weighted by atomic mass is 16.6. The zero-order valence-electron chi connectivity index (χ0n) is 16.9. The number of hydrazone groups is 1. The van der Waals surface area contributed by atoms with Crippen molar-refractivity contribution < 1.29 is 14.2 Å². The number of nitrogens with one attached hydrogen (secondary N) is 1. The number of carbonyl (C=O) groups is 1. The fraction of sp³-hybridized carbons (Fsp3) is 0.300. The SMILES string of the molecule is CCOc1ccc(-c2c(C(=O)NN=CC3CC=CCC3)nnn2-c2nonc2N)cc1. The molecule has 1 aliphatic carbocycles. The van der Waals surface area contributed by atoms with Gasteiger partial charge in [0.05, 0.1) is 6.61 Å². The minimum absolute atomic E-state index is 0.0208. The Morgan fingerprint density at radius 1 is 1.35 bits per heavy atom. The van der Waals surface area contributed by atoms with Crippen molar-refractivity contribution in [3.05, 3.63) is 42.1 Å². The maximum atomic E-state index is 12.8. The van der Waals surface area contributed by atoms with Gasteiger partial charge >= 0.3 is 0 Å². The van der Waals surface area contributed by atoms with Crippen LogP contribution in [0.25, 0.3) is 17.1 Å². The van der Waals surface area contributed by atoms with Gasteiger partial charge in [-0.3, -0.25) is 4.79 Å². The number of ether oxygens (including phenoxy) is 1. The van der Waals surface area contributed by atoms with Crippen molar-refractivity contribution in [1.29, 1.82) is 0 Å². The quantitative estimate of drug-likeness (QED) is 0.335. The van der Waals surface area contributed by atoms with Crippen LogP contribution in [0.2, 0.25) is 0 Å². The second-order valence-electron chi connectivity index (χ2n) is 6.89. The van der Waals surface area contributed by atoms with Gasteiger partial charge in [0.1, 0.15) is 11.4 Å². The molecule has 0 spiro atoms. The number of hydrogen-bond donors (Lipinski definition) is 2. The minimum Gasteiger partial charge on any atom is -0.494 e. The molecular formula is C20H22N8O3. The number of rotatable bonds is 7. The number of hydrogen-bond acceptors (Lipinski definition) is 9. The maximum absolute atomic E-state index is 12.8. The van der Waals surface area contributed by atoms with E-state index in [9.17, 15) is 4.79 Å². The van der Waals surface area contributed by atoms with Gasteiger partial charge in [-0.15, -0.1) is 5.10 Å². The van der Waals surface area contributed by atoms with Crippen molar-refractivity contribution in [3.8, 4) is 22.8 Å². The lowest BCUT2D eigenvalue weighted by atomic mass is 9.96. The highest BCUT2D eigenvalue weighted by Gasteiger charge is 2.25. The van der Waals surface area contributed by atoms with Crippen LogP contribution in [0.5, 0.6) is 5.75 Å². The van der Waals surface area contributed by atoms with E-state index in [0.29, 0.717) is 29.5 Å². The van der Waals surface area contributed by atoms with Crippen molar-refractivity contribution in [2.45, 2.75) is 26.2 Å². The lowest BCUT2D eigenvalue weighted by molar-refractivity contribution is 0.0950. The van der Waals surface area contributed by atoms with Crippen molar-refractivity contribution in [3.63, 3.8) is 0 Å². The van der Waals surface area contributed by atoms with Gasteiger partial charge in [0.25, 0.3) is 5.91 Å². The standard InChI is InChI=1S/C20H22N8O3/c1-2-30-15-10-8-14(9-11-15)17-16(23-27-28(17)19-18(21)25-31-26-19)20(29)24-22-12-13-6-4-3-5-7-13/h3-4,8-13H,2,5-7H2,1H3,(H2,21,25)(H,24,29). The summed E-state index contributed by atoms with van der Waals surface area (Å²) < 4.78 is 11.5. The number of benzene rings is 1. The van der Waals surface area contributed by atoms with Crippen molar-refractivity contribution in [1.82, 2.24) is 30.7 Å². The molecule has 0 saturated carbocycles. The third-order valence-corrected chi connectivity index (χ3v) is 4.78. The van der Waals surface area contributed by atoms with Crippen LogP contribution in [0.3, 0.4) is 0 Å². The molecule has 1 amide bonds. The summed E-state index contributed by atoms with van der Waals surface area (Å²) >= 11 is 0. The fourth-order valence-corrected chi connectivity index (χ4v) is 3.26. The highest BCUT2D eigenvalue weighted by molar-refractivity contribution is 5.98. The lowest BCUT2D eigenvalue weighted by Gasteiger charge is -2.11. The molecule has 1 unspecified atom stereocenters. The van der Waals surface area contributed by atoms with Gasteiger partial charge in [-0.2, -0.15) is 9.78 Å².